The Morgan fingerprint density at radius 1 is 1.03 bits per heavy atom. The summed E-state index contributed by atoms with van der Waals surface area (Å²) in [5.41, 5.74) is 2.09. The number of nitrogens with one attached hydrogen (secondary N) is 1. The van der Waals surface area contributed by atoms with E-state index in [1.54, 1.807) is 24.3 Å². The molecule has 0 aromatic heterocycles. The van der Waals surface area contributed by atoms with Crippen molar-refractivity contribution < 1.29 is 14.3 Å². The molecule has 180 valence electrons. The third-order valence-corrected chi connectivity index (χ3v) is 7.57. The van der Waals surface area contributed by atoms with Gasteiger partial charge < -0.3 is 14.8 Å². The van der Waals surface area contributed by atoms with Crippen LogP contribution in [-0.2, 0) is 11.4 Å². The van der Waals surface area contributed by atoms with Gasteiger partial charge in [0.05, 0.1) is 27.2 Å². The lowest BCUT2D eigenvalue weighted by Gasteiger charge is -2.14. The second-order valence-corrected chi connectivity index (χ2v) is 10.3. The van der Waals surface area contributed by atoms with Crippen LogP contribution >= 0.6 is 62.5 Å². The summed E-state index contributed by atoms with van der Waals surface area (Å²) in [5.74, 6) is 0.843. The maximum atomic E-state index is 12.6. The van der Waals surface area contributed by atoms with Crippen LogP contribution in [0.2, 0.25) is 15.1 Å². The van der Waals surface area contributed by atoms with Crippen LogP contribution in [0, 0.1) is 0 Å². The maximum Gasteiger partial charge on any atom is 0.264 e. The lowest BCUT2D eigenvalue weighted by molar-refractivity contribution is -0.115. The minimum Gasteiger partial charge on any atom is -0.490 e. The van der Waals surface area contributed by atoms with Crippen LogP contribution in [0.5, 0.6) is 11.5 Å². The van der Waals surface area contributed by atoms with Gasteiger partial charge in [0.25, 0.3) is 5.91 Å². The minimum absolute atomic E-state index is 0.268. The van der Waals surface area contributed by atoms with E-state index in [2.05, 4.69) is 26.2 Å². The first-order valence-electron chi connectivity index (χ1n) is 10.4. The van der Waals surface area contributed by atoms with Crippen molar-refractivity contribution >= 4 is 85.3 Å². The molecule has 5 nitrogen and oxygen atoms in total. The Bertz CT molecular complexity index is 1350. The lowest BCUT2D eigenvalue weighted by atomic mass is 10.1. The maximum absolute atomic E-state index is 12.6. The van der Waals surface area contributed by atoms with E-state index in [0.29, 0.717) is 48.9 Å². The smallest absolute Gasteiger partial charge is 0.264 e. The Labute approximate surface area is 230 Å². The number of carbonyl (C=O) groups is 1. The summed E-state index contributed by atoms with van der Waals surface area (Å²) < 4.78 is 12.5. The second-order valence-electron chi connectivity index (χ2n) is 7.19. The number of hydrogen-bond donors (Lipinski definition) is 1. The molecule has 0 unspecified atom stereocenters. The van der Waals surface area contributed by atoms with Gasteiger partial charge in [0.1, 0.15) is 6.61 Å². The van der Waals surface area contributed by atoms with E-state index < -0.39 is 0 Å². The first-order chi connectivity index (χ1) is 16.9. The molecule has 3 aromatic carbocycles. The van der Waals surface area contributed by atoms with Gasteiger partial charge in [0, 0.05) is 15.1 Å². The average Bonchev–Trinajstić information content (AvgIpc) is 3.17. The van der Waals surface area contributed by atoms with Crippen LogP contribution in [0.25, 0.3) is 6.08 Å². The summed E-state index contributed by atoms with van der Waals surface area (Å²) in [5, 5.41) is 4.51. The number of amidine groups is 1. The molecule has 0 saturated carbocycles. The largest absolute Gasteiger partial charge is 0.490 e. The Balaban J connectivity index is 1.58. The average molecular weight is 613 g/mol. The molecule has 4 rings (SSSR count). The summed E-state index contributed by atoms with van der Waals surface area (Å²) in [4.78, 5) is 17.5. The summed E-state index contributed by atoms with van der Waals surface area (Å²) >= 11 is 23.3. The van der Waals surface area contributed by atoms with Gasteiger partial charge in [-0.15, -0.1) is 0 Å². The summed E-state index contributed by atoms with van der Waals surface area (Å²) in [6.45, 7) is 2.63. The molecule has 3 aromatic rings. The van der Waals surface area contributed by atoms with E-state index in [1.165, 1.54) is 11.8 Å². The molecule has 0 radical (unpaired) electrons. The highest BCUT2D eigenvalue weighted by molar-refractivity contribution is 9.10. The molecule has 1 amide bonds. The Hall–Kier alpha value is -2.16. The van der Waals surface area contributed by atoms with E-state index in [1.807, 2.05) is 43.3 Å². The zero-order chi connectivity index (χ0) is 24.9. The standard InChI is InChI=1S/C25H18BrCl3N2O3S/c1-2-33-20-10-15(16(26)12-21(20)34-13-14-6-3-4-7-17(14)27)11-22-24(32)31-25(35-22)30-19-9-5-8-18(28)23(19)29/h3-12H,2,13H2,1H3,(H,30,31,32)/b22-11+. The highest BCUT2D eigenvalue weighted by Gasteiger charge is 2.25. The van der Waals surface area contributed by atoms with Crippen molar-refractivity contribution in [2.75, 3.05) is 6.61 Å². The summed E-state index contributed by atoms with van der Waals surface area (Å²) in [6.07, 6.45) is 1.76. The highest BCUT2D eigenvalue weighted by Crippen LogP contribution is 2.38. The zero-order valence-corrected chi connectivity index (χ0v) is 23.0. The van der Waals surface area contributed by atoms with Crippen molar-refractivity contribution in [3.63, 3.8) is 0 Å². The van der Waals surface area contributed by atoms with Gasteiger partial charge in [0.2, 0.25) is 0 Å². The molecule has 0 bridgehead atoms. The van der Waals surface area contributed by atoms with Crippen LogP contribution in [-0.4, -0.2) is 17.7 Å². The fourth-order valence-corrected chi connectivity index (χ4v) is 4.91. The fourth-order valence-electron chi connectivity index (χ4n) is 3.12. The van der Waals surface area contributed by atoms with Gasteiger partial charge >= 0.3 is 0 Å². The number of nitrogens with zero attached hydrogens (tertiary/aromatic N) is 1. The van der Waals surface area contributed by atoms with Gasteiger partial charge in [-0.05, 0) is 60.7 Å². The van der Waals surface area contributed by atoms with Crippen molar-refractivity contribution in [3.8, 4) is 11.5 Å². The molecule has 0 atom stereocenters. The number of aliphatic imine (C=N–C) groups is 1. The van der Waals surface area contributed by atoms with Gasteiger partial charge in [-0.1, -0.05) is 75.0 Å². The van der Waals surface area contributed by atoms with Crippen LogP contribution in [0.1, 0.15) is 18.1 Å². The number of thioether (sulfide) groups is 1. The number of carbonyl (C=O) groups excluding carboxylic acids is 1. The topological polar surface area (TPSA) is 59.9 Å². The van der Waals surface area contributed by atoms with Crippen molar-refractivity contribution in [1.82, 2.24) is 5.32 Å². The normalized spacial score (nSPS) is 15.5. The van der Waals surface area contributed by atoms with E-state index in [9.17, 15) is 4.79 Å². The predicted molar refractivity (Wildman–Crippen MR) is 148 cm³/mol. The molecule has 1 heterocycles. The van der Waals surface area contributed by atoms with Gasteiger partial charge in [-0.25, -0.2) is 4.99 Å². The Kier molecular flexibility index (Phi) is 8.68. The van der Waals surface area contributed by atoms with Crippen molar-refractivity contribution in [2.24, 2.45) is 4.99 Å². The molecule has 10 heteroatoms. The molecule has 35 heavy (non-hydrogen) atoms. The van der Waals surface area contributed by atoms with E-state index in [0.717, 1.165) is 15.6 Å². The third-order valence-electron chi connectivity index (χ3n) is 4.79. The molecule has 1 fully saturated rings. The number of hydrogen-bond acceptors (Lipinski definition) is 5. The molecular formula is C25H18BrCl3N2O3S. The van der Waals surface area contributed by atoms with Crippen LogP contribution in [0.3, 0.4) is 0 Å². The predicted octanol–water partition coefficient (Wildman–Crippen LogP) is 8.28. The SMILES string of the molecule is CCOc1cc(/C=C2/SC(=Nc3cccc(Cl)c3Cl)NC2=O)c(Br)cc1OCc1ccccc1Cl. The van der Waals surface area contributed by atoms with Crippen LogP contribution < -0.4 is 14.8 Å². The highest BCUT2D eigenvalue weighted by atomic mass is 79.9. The van der Waals surface area contributed by atoms with Gasteiger partial charge in [-0.2, -0.15) is 0 Å². The number of halogens is 4. The molecule has 1 aliphatic heterocycles. The summed E-state index contributed by atoms with van der Waals surface area (Å²) in [7, 11) is 0. The number of amides is 1. The van der Waals surface area contributed by atoms with E-state index in [-0.39, 0.29) is 12.5 Å². The van der Waals surface area contributed by atoms with Crippen molar-refractivity contribution in [2.45, 2.75) is 13.5 Å². The third kappa shape index (κ3) is 6.35. The van der Waals surface area contributed by atoms with Crippen molar-refractivity contribution in [3.05, 3.63) is 90.2 Å². The van der Waals surface area contributed by atoms with Gasteiger partial charge in [-0.3, -0.25) is 4.79 Å². The first-order valence-corrected chi connectivity index (χ1v) is 13.2. The van der Waals surface area contributed by atoms with Crippen LogP contribution in [0.4, 0.5) is 5.69 Å². The quantitative estimate of drug-likeness (QED) is 0.273. The monoisotopic (exact) mass is 610 g/mol. The van der Waals surface area contributed by atoms with E-state index >= 15 is 0 Å². The fraction of sp³-hybridized carbons (Fsp3) is 0.120. The molecule has 0 aliphatic carbocycles. The first kappa shape index (κ1) is 25.9. The van der Waals surface area contributed by atoms with E-state index in [4.69, 9.17) is 44.3 Å². The minimum atomic E-state index is -0.268. The zero-order valence-electron chi connectivity index (χ0n) is 18.3. The Morgan fingerprint density at radius 3 is 2.54 bits per heavy atom. The Morgan fingerprint density at radius 2 is 1.77 bits per heavy atom. The number of rotatable bonds is 7. The molecule has 0 spiro atoms. The molecular weight excluding hydrogens is 595 g/mol. The number of ether oxygens (including phenoxy) is 2. The van der Waals surface area contributed by atoms with Crippen molar-refractivity contribution in [1.29, 1.82) is 0 Å². The molecule has 1 saturated heterocycles. The molecule has 1 aliphatic rings. The van der Waals surface area contributed by atoms with Crippen LogP contribution in [0.15, 0.2) is 69.0 Å². The molecule has 1 N–H and O–H groups in total. The van der Waals surface area contributed by atoms with Gasteiger partial charge in [0.15, 0.2) is 16.7 Å². The number of benzene rings is 3. The lowest BCUT2D eigenvalue weighted by Crippen LogP contribution is -2.19. The summed E-state index contributed by atoms with van der Waals surface area (Å²) in [6, 6.07) is 16.3. The second kappa shape index (κ2) is 11.7.